The van der Waals surface area contributed by atoms with Gasteiger partial charge in [-0.1, -0.05) is 31.4 Å². The topological polar surface area (TPSA) is 72.0 Å². The van der Waals surface area contributed by atoms with E-state index in [1.54, 1.807) is 12.3 Å². The summed E-state index contributed by atoms with van der Waals surface area (Å²) in [4.78, 5) is 4.16. The number of ether oxygens (including phenoxy) is 1. The van der Waals surface area contributed by atoms with Crippen LogP contribution >= 0.6 is 11.6 Å². The number of hydrogen-bond acceptors (Lipinski definition) is 3. The summed E-state index contributed by atoms with van der Waals surface area (Å²) < 4.78 is 5.91. The molecule has 0 spiro atoms. The predicted molar refractivity (Wildman–Crippen MR) is 76.9 cm³/mol. The van der Waals surface area contributed by atoms with Crippen LogP contribution in [0.5, 0.6) is 5.88 Å². The van der Waals surface area contributed by atoms with E-state index >= 15 is 0 Å². The zero-order valence-corrected chi connectivity index (χ0v) is 11.9. The van der Waals surface area contributed by atoms with Gasteiger partial charge in [0.15, 0.2) is 0 Å². The largest absolute Gasteiger partial charge is 0.473 e. The van der Waals surface area contributed by atoms with Crippen molar-refractivity contribution in [1.29, 1.82) is 5.41 Å². The molecule has 1 heterocycles. The van der Waals surface area contributed by atoms with Crippen molar-refractivity contribution >= 4 is 17.4 Å². The lowest BCUT2D eigenvalue weighted by atomic mass is 9.85. The Balaban J connectivity index is 2.10. The van der Waals surface area contributed by atoms with Crippen LogP contribution < -0.4 is 10.5 Å². The monoisotopic (exact) mass is 281 g/mol. The van der Waals surface area contributed by atoms with Crippen molar-refractivity contribution in [3.8, 4) is 5.88 Å². The second-order valence-electron chi connectivity index (χ2n) is 5.07. The molecule has 1 saturated carbocycles. The van der Waals surface area contributed by atoms with E-state index in [1.807, 2.05) is 0 Å². The number of nitrogens with one attached hydrogen (secondary N) is 1. The van der Waals surface area contributed by atoms with Crippen LogP contribution in [0.15, 0.2) is 12.3 Å². The molecule has 0 saturated heterocycles. The van der Waals surface area contributed by atoms with Crippen molar-refractivity contribution < 1.29 is 4.74 Å². The van der Waals surface area contributed by atoms with Crippen molar-refractivity contribution in [2.75, 3.05) is 0 Å². The molecule has 19 heavy (non-hydrogen) atoms. The fraction of sp³-hybridized carbons (Fsp3) is 0.571. The maximum absolute atomic E-state index is 7.46. The van der Waals surface area contributed by atoms with E-state index in [0.717, 1.165) is 18.8 Å². The number of nitrogens with zero attached hydrogens (tertiary/aromatic N) is 1. The van der Waals surface area contributed by atoms with E-state index in [-0.39, 0.29) is 11.9 Å². The summed E-state index contributed by atoms with van der Waals surface area (Å²) in [6.07, 6.45) is 7.51. The van der Waals surface area contributed by atoms with E-state index in [0.29, 0.717) is 16.5 Å². The summed E-state index contributed by atoms with van der Waals surface area (Å²) >= 11 is 6.18. The van der Waals surface area contributed by atoms with Gasteiger partial charge < -0.3 is 10.5 Å². The first-order valence-electron chi connectivity index (χ1n) is 6.77. The van der Waals surface area contributed by atoms with E-state index < -0.39 is 0 Å². The molecular formula is C14H20ClN3O. The zero-order chi connectivity index (χ0) is 13.8. The van der Waals surface area contributed by atoms with Crippen molar-refractivity contribution in [2.24, 2.45) is 11.7 Å². The van der Waals surface area contributed by atoms with Gasteiger partial charge in [-0.25, -0.2) is 4.98 Å². The molecule has 3 N–H and O–H groups in total. The van der Waals surface area contributed by atoms with Crippen LogP contribution in [0, 0.1) is 11.3 Å². The average Bonchev–Trinajstić information content (AvgIpc) is 2.41. The van der Waals surface area contributed by atoms with Gasteiger partial charge in [-0.15, -0.1) is 0 Å². The van der Waals surface area contributed by atoms with E-state index in [9.17, 15) is 0 Å². The normalized spacial score (nSPS) is 23.1. The number of pyridine rings is 1. The second-order valence-corrected chi connectivity index (χ2v) is 5.45. The van der Waals surface area contributed by atoms with E-state index in [2.05, 4.69) is 11.9 Å². The van der Waals surface area contributed by atoms with Crippen LogP contribution in [-0.4, -0.2) is 16.9 Å². The highest BCUT2D eigenvalue weighted by atomic mass is 35.5. The average molecular weight is 282 g/mol. The summed E-state index contributed by atoms with van der Waals surface area (Å²) in [5.74, 6) is 1.07. The van der Waals surface area contributed by atoms with Gasteiger partial charge in [0.1, 0.15) is 17.0 Å². The third-order valence-electron chi connectivity index (χ3n) is 3.74. The highest BCUT2D eigenvalue weighted by Gasteiger charge is 2.23. The third kappa shape index (κ3) is 3.38. The SMILES string of the molecule is CCC1CCCC(Oc2nccc(C(=N)N)c2Cl)C1. The molecule has 0 radical (unpaired) electrons. The van der Waals surface area contributed by atoms with Crippen LogP contribution in [0.1, 0.15) is 44.6 Å². The lowest BCUT2D eigenvalue weighted by molar-refractivity contribution is 0.117. The quantitative estimate of drug-likeness (QED) is 0.656. The summed E-state index contributed by atoms with van der Waals surface area (Å²) in [7, 11) is 0. The fourth-order valence-electron chi connectivity index (χ4n) is 2.59. The maximum atomic E-state index is 7.46. The lowest BCUT2D eigenvalue weighted by Gasteiger charge is -2.28. The molecule has 2 unspecified atom stereocenters. The second kappa shape index (κ2) is 6.24. The highest BCUT2D eigenvalue weighted by molar-refractivity contribution is 6.35. The van der Waals surface area contributed by atoms with Gasteiger partial charge in [-0.2, -0.15) is 0 Å². The van der Waals surface area contributed by atoms with E-state index in [4.69, 9.17) is 27.5 Å². The predicted octanol–water partition coefficient (Wildman–Crippen LogP) is 3.37. The molecule has 1 aromatic heterocycles. The molecule has 0 amide bonds. The summed E-state index contributed by atoms with van der Waals surface area (Å²) in [5.41, 5.74) is 5.96. The van der Waals surface area contributed by atoms with Crippen molar-refractivity contribution in [3.63, 3.8) is 0 Å². The van der Waals surface area contributed by atoms with Crippen molar-refractivity contribution in [1.82, 2.24) is 4.98 Å². The minimum atomic E-state index is -0.0627. The Morgan fingerprint density at radius 2 is 2.37 bits per heavy atom. The zero-order valence-electron chi connectivity index (χ0n) is 11.2. The Labute approximate surface area is 118 Å². The fourth-order valence-corrected chi connectivity index (χ4v) is 2.85. The molecule has 1 aliphatic rings. The first-order chi connectivity index (χ1) is 9.11. The van der Waals surface area contributed by atoms with Crippen molar-refractivity contribution in [2.45, 2.75) is 45.1 Å². The highest BCUT2D eigenvalue weighted by Crippen LogP contribution is 2.32. The van der Waals surface area contributed by atoms with E-state index in [1.165, 1.54) is 19.3 Å². The van der Waals surface area contributed by atoms with Crippen LogP contribution in [0.2, 0.25) is 5.02 Å². The number of aromatic nitrogens is 1. The molecule has 4 nitrogen and oxygen atoms in total. The van der Waals surface area contributed by atoms with Crippen LogP contribution in [0.25, 0.3) is 0 Å². The molecule has 0 aliphatic heterocycles. The number of rotatable bonds is 4. The van der Waals surface area contributed by atoms with Gasteiger partial charge in [0.25, 0.3) is 0 Å². The summed E-state index contributed by atoms with van der Waals surface area (Å²) in [6, 6.07) is 1.63. The summed E-state index contributed by atoms with van der Waals surface area (Å²) in [6.45, 7) is 2.22. The van der Waals surface area contributed by atoms with Gasteiger partial charge in [0.05, 0.1) is 0 Å². The number of halogens is 1. The smallest absolute Gasteiger partial charge is 0.233 e. The van der Waals surface area contributed by atoms with Crippen molar-refractivity contribution in [3.05, 3.63) is 22.8 Å². The minimum absolute atomic E-state index is 0.0627. The molecule has 0 aromatic carbocycles. The third-order valence-corrected chi connectivity index (χ3v) is 4.10. The standard InChI is InChI=1S/C14H20ClN3O/c1-2-9-4-3-5-10(8-9)19-14-12(15)11(13(16)17)6-7-18-14/h6-7,9-10H,2-5,8H2,1H3,(H3,16,17). The number of hydrogen-bond donors (Lipinski definition) is 2. The molecule has 1 fully saturated rings. The Bertz CT molecular complexity index is 464. The lowest BCUT2D eigenvalue weighted by Crippen LogP contribution is -2.26. The van der Waals surface area contributed by atoms with Gasteiger partial charge >= 0.3 is 0 Å². The van der Waals surface area contributed by atoms with Crippen LogP contribution in [0.4, 0.5) is 0 Å². The molecule has 104 valence electrons. The Morgan fingerprint density at radius 3 is 3.05 bits per heavy atom. The molecule has 2 rings (SSSR count). The number of nitrogens with two attached hydrogens (primary N) is 1. The Hall–Kier alpha value is -1.29. The minimum Gasteiger partial charge on any atom is -0.473 e. The summed E-state index contributed by atoms with van der Waals surface area (Å²) in [5, 5.41) is 7.81. The van der Waals surface area contributed by atoms with Gasteiger partial charge in [0, 0.05) is 11.8 Å². The first kappa shape index (κ1) is 14.1. The molecule has 1 aliphatic carbocycles. The Morgan fingerprint density at radius 1 is 1.58 bits per heavy atom. The molecule has 5 heteroatoms. The number of nitrogen functional groups attached to an aromatic ring is 1. The van der Waals surface area contributed by atoms with Crippen LogP contribution in [-0.2, 0) is 0 Å². The number of amidine groups is 1. The van der Waals surface area contributed by atoms with Gasteiger partial charge in [-0.3, -0.25) is 5.41 Å². The molecular weight excluding hydrogens is 262 g/mol. The molecule has 2 atom stereocenters. The maximum Gasteiger partial charge on any atom is 0.233 e. The molecule has 1 aromatic rings. The molecule has 0 bridgehead atoms. The first-order valence-corrected chi connectivity index (χ1v) is 7.15. The van der Waals surface area contributed by atoms with Gasteiger partial charge in [0.2, 0.25) is 5.88 Å². The van der Waals surface area contributed by atoms with Crippen LogP contribution in [0.3, 0.4) is 0 Å². The Kier molecular flexibility index (Phi) is 4.64. The van der Waals surface area contributed by atoms with Gasteiger partial charge in [-0.05, 0) is 31.2 Å².